The van der Waals surface area contributed by atoms with Crippen molar-refractivity contribution in [1.82, 2.24) is 10.0 Å². The van der Waals surface area contributed by atoms with Crippen LogP contribution >= 0.6 is 23.2 Å². The molecule has 0 aromatic rings. The number of rotatable bonds is 6. The third-order valence-corrected chi connectivity index (χ3v) is 2.98. The minimum Gasteiger partial charge on any atom is -0.310 e. The molecule has 0 radical (unpaired) electrons. The highest BCUT2D eigenvalue weighted by atomic mass is 35.5. The van der Waals surface area contributed by atoms with E-state index < -0.39 is 15.6 Å². The van der Waals surface area contributed by atoms with Gasteiger partial charge in [-0.2, -0.15) is 0 Å². The van der Waals surface area contributed by atoms with Gasteiger partial charge in [0.25, 0.3) is 0 Å². The normalized spacial score (nSPS) is 14.3. The molecule has 0 rings (SSSR count). The lowest BCUT2D eigenvalue weighted by molar-refractivity contribution is 0.430. The van der Waals surface area contributed by atoms with Gasteiger partial charge in [-0.15, -0.1) is 0 Å². The highest BCUT2D eigenvalue weighted by Crippen LogP contribution is 2.04. The molecule has 0 unspecified atom stereocenters. The third kappa shape index (κ3) is 9.14. The zero-order valence-electron chi connectivity index (χ0n) is 8.97. The van der Waals surface area contributed by atoms with E-state index in [0.717, 1.165) is 6.26 Å². The Morgan fingerprint density at radius 2 is 2.00 bits per heavy atom. The molecule has 0 aliphatic carbocycles. The number of halogens is 2. The molecule has 15 heavy (non-hydrogen) atoms. The summed E-state index contributed by atoms with van der Waals surface area (Å²) in [5.41, 5.74) is 0.711. The molecular formula is C8H16Cl2N2O2S. The van der Waals surface area contributed by atoms with Crippen molar-refractivity contribution in [3.8, 4) is 0 Å². The Bertz CT molecular complexity index is 326. The number of nitrogens with one attached hydrogen (secondary N) is 2. The summed E-state index contributed by atoms with van der Waals surface area (Å²) in [7, 11) is -3.20. The van der Waals surface area contributed by atoms with Crippen molar-refractivity contribution >= 4 is 33.2 Å². The smallest absolute Gasteiger partial charge is 0.209 e. The van der Waals surface area contributed by atoms with E-state index in [9.17, 15) is 8.42 Å². The first-order valence-electron chi connectivity index (χ1n) is 4.31. The van der Waals surface area contributed by atoms with Gasteiger partial charge in [-0.05, 0) is 13.8 Å². The van der Waals surface area contributed by atoms with Gasteiger partial charge >= 0.3 is 0 Å². The molecule has 0 aliphatic heterocycles. The van der Waals surface area contributed by atoms with Gasteiger partial charge < -0.3 is 5.32 Å². The largest absolute Gasteiger partial charge is 0.310 e. The molecule has 2 N–H and O–H groups in total. The minimum absolute atomic E-state index is 0.417. The molecule has 0 aliphatic rings. The summed E-state index contributed by atoms with van der Waals surface area (Å²) in [6.45, 7) is 4.43. The Hall–Kier alpha value is 0.190. The number of hydrogen-bond donors (Lipinski definition) is 2. The van der Waals surface area contributed by atoms with Crippen molar-refractivity contribution < 1.29 is 8.42 Å². The lowest BCUT2D eigenvalue weighted by atomic mass is 10.1. The van der Waals surface area contributed by atoms with E-state index in [1.54, 1.807) is 13.8 Å². The summed E-state index contributed by atoms with van der Waals surface area (Å²) in [5, 5.41) is 3.47. The van der Waals surface area contributed by atoms with E-state index in [-0.39, 0.29) is 0 Å². The lowest BCUT2D eigenvalue weighted by Gasteiger charge is -2.25. The van der Waals surface area contributed by atoms with Crippen molar-refractivity contribution in [3.63, 3.8) is 0 Å². The van der Waals surface area contributed by atoms with Crippen molar-refractivity contribution in [1.29, 1.82) is 0 Å². The Labute approximate surface area is 101 Å². The summed E-state index contributed by atoms with van der Waals surface area (Å²) in [5.74, 6) is 0. The molecule has 0 aromatic carbocycles. The molecule has 0 amide bonds. The predicted molar refractivity (Wildman–Crippen MR) is 64.7 cm³/mol. The summed E-state index contributed by atoms with van der Waals surface area (Å²) in [4.78, 5) is 0. The fourth-order valence-electron chi connectivity index (χ4n) is 1.07. The molecule has 7 heteroatoms. The van der Waals surface area contributed by atoms with Crippen molar-refractivity contribution in [2.24, 2.45) is 0 Å². The highest BCUT2D eigenvalue weighted by molar-refractivity contribution is 7.88. The molecule has 0 aromatic heterocycles. The summed E-state index contributed by atoms with van der Waals surface area (Å²) < 4.78 is 24.5. The first-order chi connectivity index (χ1) is 6.66. The molecule has 0 atom stereocenters. The van der Waals surface area contributed by atoms with E-state index in [1.165, 1.54) is 5.54 Å². The van der Waals surface area contributed by atoms with Gasteiger partial charge in [0.2, 0.25) is 10.0 Å². The van der Waals surface area contributed by atoms with E-state index in [2.05, 4.69) is 10.0 Å². The monoisotopic (exact) mass is 274 g/mol. The van der Waals surface area contributed by atoms with Crippen molar-refractivity contribution in [2.75, 3.05) is 19.3 Å². The predicted octanol–water partition coefficient (Wildman–Crippen LogP) is 1.22. The van der Waals surface area contributed by atoms with Gasteiger partial charge in [-0.3, -0.25) is 0 Å². The Balaban J connectivity index is 4.06. The standard InChI is InChI=1S/C8H16Cl2N2O2S/c1-8(2,12-15(3,13)14)6-11-5-7(10)4-9/h4,11-12H,5-6H2,1-3H3. The second kappa shape index (κ2) is 6.06. The van der Waals surface area contributed by atoms with Gasteiger partial charge in [0.1, 0.15) is 0 Å². The van der Waals surface area contributed by atoms with E-state index in [1.807, 2.05) is 0 Å². The molecule has 0 fully saturated rings. The van der Waals surface area contributed by atoms with Crippen LogP contribution in [0.4, 0.5) is 0 Å². The van der Waals surface area contributed by atoms with Crippen molar-refractivity contribution in [2.45, 2.75) is 19.4 Å². The Morgan fingerprint density at radius 3 is 2.40 bits per heavy atom. The molecule has 4 nitrogen and oxygen atoms in total. The molecular weight excluding hydrogens is 259 g/mol. The third-order valence-electron chi connectivity index (χ3n) is 1.44. The van der Waals surface area contributed by atoms with Crippen LogP contribution in [0.5, 0.6) is 0 Å². The topological polar surface area (TPSA) is 58.2 Å². The van der Waals surface area contributed by atoms with Crippen LogP contribution in [0, 0.1) is 0 Å². The van der Waals surface area contributed by atoms with Gasteiger partial charge in [0.15, 0.2) is 0 Å². The molecule has 0 spiro atoms. The maximum Gasteiger partial charge on any atom is 0.209 e. The van der Waals surface area contributed by atoms with Crippen LogP contribution in [0.2, 0.25) is 0 Å². The summed E-state index contributed by atoms with van der Waals surface area (Å²) in [6, 6.07) is 0. The van der Waals surface area contributed by atoms with Gasteiger partial charge in [-0.25, -0.2) is 13.1 Å². The fourth-order valence-corrected chi connectivity index (χ4v) is 2.32. The molecule has 0 saturated heterocycles. The Morgan fingerprint density at radius 1 is 1.47 bits per heavy atom. The van der Waals surface area contributed by atoms with Gasteiger partial charge in [0, 0.05) is 29.2 Å². The second-order valence-corrected chi connectivity index (χ2v) is 6.37. The van der Waals surface area contributed by atoms with Gasteiger partial charge in [0.05, 0.1) is 6.26 Å². The maximum absolute atomic E-state index is 11.0. The molecule has 90 valence electrons. The van der Waals surface area contributed by atoms with Crippen LogP contribution in [-0.4, -0.2) is 33.3 Å². The zero-order chi connectivity index (χ0) is 12.1. The van der Waals surface area contributed by atoms with E-state index >= 15 is 0 Å². The van der Waals surface area contributed by atoms with Crippen LogP contribution in [-0.2, 0) is 10.0 Å². The summed E-state index contributed by atoms with van der Waals surface area (Å²) >= 11 is 11.0. The first kappa shape index (κ1) is 15.2. The van der Waals surface area contributed by atoms with Crippen LogP contribution in [0.3, 0.4) is 0 Å². The summed E-state index contributed by atoms with van der Waals surface area (Å²) in [6.07, 6.45) is 1.13. The number of sulfonamides is 1. The van der Waals surface area contributed by atoms with E-state index in [0.29, 0.717) is 18.1 Å². The zero-order valence-corrected chi connectivity index (χ0v) is 11.3. The van der Waals surface area contributed by atoms with E-state index in [4.69, 9.17) is 23.2 Å². The van der Waals surface area contributed by atoms with Crippen LogP contribution < -0.4 is 10.0 Å². The number of hydrogen-bond acceptors (Lipinski definition) is 3. The molecule has 0 heterocycles. The highest BCUT2D eigenvalue weighted by Gasteiger charge is 2.21. The van der Waals surface area contributed by atoms with Crippen molar-refractivity contribution in [3.05, 3.63) is 10.6 Å². The van der Waals surface area contributed by atoms with Crippen LogP contribution in [0.1, 0.15) is 13.8 Å². The average molecular weight is 275 g/mol. The first-order valence-corrected chi connectivity index (χ1v) is 7.01. The SMILES string of the molecule is CC(C)(CNCC(Cl)=CCl)NS(C)(=O)=O. The fraction of sp³-hybridized carbons (Fsp3) is 0.750. The quantitative estimate of drug-likeness (QED) is 0.766. The average Bonchev–Trinajstić information content (AvgIpc) is 1.98. The minimum atomic E-state index is -3.20. The van der Waals surface area contributed by atoms with Gasteiger partial charge in [-0.1, -0.05) is 23.2 Å². The second-order valence-electron chi connectivity index (χ2n) is 3.92. The van der Waals surface area contributed by atoms with Crippen LogP contribution in [0.25, 0.3) is 0 Å². The Kier molecular flexibility index (Phi) is 6.13. The maximum atomic E-state index is 11.0. The molecule has 0 bridgehead atoms. The van der Waals surface area contributed by atoms with Crippen LogP contribution in [0.15, 0.2) is 10.6 Å². The lowest BCUT2D eigenvalue weighted by Crippen LogP contribution is -2.50. The molecule has 0 saturated carbocycles.